The van der Waals surface area contributed by atoms with Gasteiger partial charge in [0.2, 0.25) is 0 Å². The van der Waals surface area contributed by atoms with Crippen LogP contribution in [0.15, 0.2) is 0 Å². The molecule has 2 heterocycles. The van der Waals surface area contributed by atoms with Gasteiger partial charge in [-0.3, -0.25) is 33.6 Å². The Kier molecular flexibility index (Phi) is 14.3. The lowest BCUT2D eigenvalue weighted by atomic mass is 9.94. The van der Waals surface area contributed by atoms with Gasteiger partial charge < -0.3 is 53.6 Å². The van der Waals surface area contributed by atoms with E-state index in [0.717, 1.165) is 34.6 Å². The van der Waals surface area contributed by atoms with Crippen LogP contribution in [-0.4, -0.2) is 134 Å². The summed E-state index contributed by atoms with van der Waals surface area (Å²) < 4.78 is 122. The van der Waals surface area contributed by atoms with E-state index in [9.17, 15) is 65.0 Å². The van der Waals surface area contributed by atoms with E-state index in [-0.39, 0.29) is 0 Å². The number of alkyl halides is 6. The fourth-order valence-electron chi connectivity index (χ4n) is 4.70. The van der Waals surface area contributed by atoms with Crippen molar-refractivity contribution in [2.45, 2.75) is 108 Å². The van der Waals surface area contributed by atoms with Gasteiger partial charge in [0.25, 0.3) is 0 Å². The topological polar surface area (TPSA) is 238 Å². The zero-order valence-corrected chi connectivity index (χ0v) is 26.5. The summed E-state index contributed by atoms with van der Waals surface area (Å²) in [6, 6.07) is -4.72. The molecule has 0 aromatic heterocycles. The molecule has 2 rings (SSSR count). The summed E-state index contributed by atoms with van der Waals surface area (Å²) in [6.07, 6.45) is -28.4. The van der Waals surface area contributed by atoms with Gasteiger partial charge in [-0.1, -0.05) is 0 Å². The molecule has 0 bridgehead atoms. The van der Waals surface area contributed by atoms with Gasteiger partial charge in [0, 0.05) is 34.6 Å². The third-order valence-electron chi connectivity index (χ3n) is 6.52. The molecule has 24 heteroatoms. The van der Waals surface area contributed by atoms with Gasteiger partial charge in [0.1, 0.15) is 43.6 Å². The number of amides is 2. The number of carbonyl (C=O) groups excluding carboxylic acids is 7. The number of carbonyl (C=O) groups is 7. The summed E-state index contributed by atoms with van der Waals surface area (Å²) in [5, 5.41) is 13.3. The number of rotatable bonds is 11. The summed E-state index contributed by atoms with van der Waals surface area (Å²) in [4.78, 5) is 83.5. The van der Waals surface area contributed by atoms with Crippen molar-refractivity contribution in [1.82, 2.24) is 10.6 Å². The molecule has 0 aromatic rings. The fourth-order valence-corrected chi connectivity index (χ4v) is 4.70. The van der Waals surface area contributed by atoms with Crippen LogP contribution in [0.1, 0.15) is 34.6 Å². The van der Waals surface area contributed by atoms with Crippen LogP contribution in [0.3, 0.4) is 0 Å². The minimum absolute atomic E-state index is 0.724. The maximum Gasteiger partial charge on any atom is 0.471 e. The van der Waals surface area contributed by atoms with Gasteiger partial charge in [-0.15, -0.1) is 0 Å². The number of nitrogens with one attached hydrogen (secondary N) is 2. The smallest absolute Gasteiger partial charge is 0.463 e. The van der Waals surface area contributed by atoms with Gasteiger partial charge in [-0.2, -0.15) is 26.3 Å². The van der Waals surface area contributed by atoms with Crippen molar-refractivity contribution in [3.63, 3.8) is 0 Å². The Morgan fingerprint density at radius 1 is 0.580 bits per heavy atom. The van der Waals surface area contributed by atoms with Gasteiger partial charge in [-0.05, 0) is 0 Å². The summed E-state index contributed by atoms with van der Waals surface area (Å²) in [5.41, 5.74) is 0. The quantitative estimate of drug-likeness (QED) is 0.128. The molecule has 2 saturated heterocycles. The highest BCUT2D eigenvalue weighted by Gasteiger charge is 2.57. The zero-order chi connectivity index (χ0) is 38.3. The Balaban J connectivity index is 2.79. The van der Waals surface area contributed by atoms with Crippen LogP contribution in [0.25, 0.3) is 0 Å². The molecule has 0 radical (unpaired) electrons. The first-order chi connectivity index (χ1) is 22.9. The minimum atomic E-state index is -5.64. The number of esters is 5. The Labute approximate surface area is 277 Å². The first kappa shape index (κ1) is 41.9. The van der Waals surface area contributed by atoms with Gasteiger partial charge >= 0.3 is 54.0 Å². The predicted molar refractivity (Wildman–Crippen MR) is 140 cm³/mol. The van der Waals surface area contributed by atoms with Crippen molar-refractivity contribution >= 4 is 41.7 Å². The van der Waals surface area contributed by atoms with Crippen molar-refractivity contribution in [2.24, 2.45) is 0 Å². The maximum atomic E-state index is 13.5. The van der Waals surface area contributed by atoms with E-state index in [1.807, 2.05) is 0 Å². The fraction of sp³-hybridized carbons (Fsp3) is 0.731. The predicted octanol–water partition coefficient (Wildman–Crippen LogP) is -1.17. The second-order valence-corrected chi connectivity index (χ2v) is 10.5. The van der Waals surface area contributed by atoms with Crippen molar-refractivity contribution < 1.29 is 103 Å². The molecular formula is C26H32F6N2O16. The molecule has 2 aliphatic heterocycles. The number of aliphatic hydroxyl groups excluding tert-OH is 1. The minimum Gasteiger partial charge on any atom is -0.463 e. The number of aliphatic hydroxyl groups is 1. The van der Waals surface area contributed by atoms with Crippen LogP contribution in [0.2, 0.25) is 0 Å². The highest BCUT2D eigenvalue weighted by Crippen LogP contribution is 2.34. The largest absolute Gasteiger partial charge is 0.471 e. The first-order valence-electron chi connectivity index (χ1n) is 14.1. The van der Waals surface area contributed by atoms with E-state index in [4.69, 9.17) is 37.9 Å². The maximum absolute atomic E-state index is 13.5. The molecule has 0 spiro atoms. The van der Waals surface area contributed by atoms with E-state index in [2.05, 4.69) is 0 Å². The van der Waals surface area contributed by atoms with Crippen molar-refractivity contribution in [3.8, 4) is 0 Å². The average Bonchev–Trinajstić information content (AvgIpc) is 2.95. The summed E-state index contributed by atoms with van der Waals surface area (Å²) in [5.74, 6) is -11.1. The average molecular weight is 743 g/mol. The molecule has 0 aliphatic carbocycles. The van der Waals surface area contributed by atoms with Gasteiger partial charge in [0.15, 0.2) is 30.9 Å². The van der Waals surface area contributed by atoms with Crippen LogP contribution < -0.4 is 10.6 Å². The SMILES string of the molecule is CC(=O)OCC1O[C@@H](O[C@@H]2C(COC(C)=O)O[C@H](O)C(NC(=O)C(F)(F)F)[C@H]2OC(C)=O)C(NC(=O)C(F)(F)F)[C@@H](OC(C)=O)[C@@H]1OC(C)=O. The summed E-state index contributed by atoms with van der Waals surface area (Å²) in [6.45, 7) is 2.26. The van der Waals surface area contributed by atoms with Gasteiger partial charge in [0.05, 0.1) is 0 Å². The van der Waals surface area contributed by atoms with Crippen LogP contribution in [0.5, 0.6) is 0 Å². The van der Waals surface area contributed by atoms with Crippen LogP contribution in [0, 0.1) is 0 Å². The summed E-state index contributed by atoms with van der Waals surface area (Å²) in [7, 11) is 0. The molecule has 2 amide bonds. The molecule has 0 aromatic carbocycles. The lowest BCUT2D eigenvalue weighted by Gasteiger charge is -2.49. The highest BCUT2D eigenvalue weighted by molar-refractivity contribution is 5.82. The molecule has 0 saturated carbocycles. The van der Waals surface area contributed by atoms with Crippen molar-refractivity contribution in [1.29, 1.82) is 0 Å². The number of ether oxygens (including phenoxy) is 8. The van der Waals surface area contributed by atoms with E-state index in [0.29, 0.717) is 0 Å². The Morgan fingerprint density at radius 3 is 1.36 bits per heavy atom. The third-order valence-corrected chi connectivity index (χ3v) is 6.52. The second kappa shape index (κ2) is 17.1. The molecule has 3 N–H and O–H groups in total. The highest BCUT2D eigenvalue weighted by atomic mass is 19.4. The Morgan fingerprint density at radius 2 is 0.960 bits per heavy atom. The molecule has 2 aliphatic rings. The molecule has 10 atom stereocenters. The summed E-state index contributed by atoms with van der Waals surface area (Å²) >= 11 is 0. The van der Waals surface area contributed by atoms with E-state index < -0.39 is 129 Å². The number of hydrogen-bond acceptors (Lipinski definition) is 16. The molecular weight excluding hydrogens is 710 g/mol. The first-order valence-corrected chi connectivity index (χ1v) is 14.1. The van der Waals surface area contributed by atoms with Gasteiger partial charge in [-0.25, -0.2) is 0 Å². The molecule has 284 valence electrons. The molecule has 4 unspecified atom stereocenters. The lowest BCUT2D eigenvalue weighted by molar-refractivity contribution is -0.330. The monoisotopic (exact) mass is 742 g/mol. The second-order valence-electron chi connectivity index (χ2n) is 10.5. The Hall–Kier alpha value is -4.29. The zero-order valence-electron chi connectivity index (χ0n) is 26.5. The standard InChI is InChI=1S/C26H32F6N2O16/c1-8(35)43-6-13-18(19(46-11(4)38)15(21(40)48-13)33-23(41)25(27,28)29)50-22-16(34-24(42)26(30,31)32)20(47-12(5)39)17(45-10(3)37)14(49-22)7-44-9(2)36/h13-22,40H,6-7H2,1-5H3,(H,33,41)(H,34,42)/t13?,14?,15?,16?,17-,18-,19-,20-,21+,22+/m1/s1. The van der Waals surface area contributed by atoms with Crippen LogP contribution in [-0.2, 0) is 71.5 Å². The van der Waals surface area contributed by atoms with Crippen molar-refractivity contribution in [3.05, 3.63) is 0 Å². The molecule has 50 heavy (non-hydrogen) atoms. The van der Waals surface area contributed by atoms with Crippen molar-refractivity contribution in [2.75, 3.05) is 13.2 Å². The number of hydrogen-bond donors (Lipinski definition) is 3. The lowest BCUT2D eigenvalue weighted by Crippen LogP contribution is -2.71. The van der Waals surface area contributed by atoms with E-state index in [1.165, 1.54) is 10.6 Å². The third kappa shape index (κ3) is 11.9. The number of halogens is 6. The van der Waals surface area contributed by atoms with E-state index in [1.54, 1.807) is 0 Å². The Bertz CT molecular complexity index is 1300. The van der Waals surface area contributed by atoms with Crippen LogP contribution >= 0.6 is 0 Å². The molecule has 18 nitrogen and oxygen atoms in total. The van der Waals surface area contributed by atoms with E-state index >= 15 is 0 Å². The molecule has 2 fully saturated rings. The normalized spacial score (nSPS) is 29.8. The van der Waals surface area contributed by atoms with Crippen LogP contribution in [0.4, 0.5) is 26.3 Å².